The number of nitrogens with zero attached hydrogens (tertiary/aromatic N) is 2. The quantitative estimate of drug-likeness (QED) is 0.492. The fourth-order valence-corrected chi connectivity index (χ4v) is 4.59. The van der Waals surface area contributed by atoms with Crippen molar-refractivity contribution >= 4 is 33.4 Å². The van der Waals surface area contributed by atoms with Crippen molar-refractivity contribution in [1.29, 1.82) is 0 Å². The maximum atomic E-state index is 13.4. The Labute approximate surface area is 208 Å². The first-order valence-corrected chi connectivity index (χ1v) is 12.7. The number of hydrogen-bond acceptors (Lipinski definition) is 5. The molecule has 3 aromatic carbocycles. The zero-order valence-corrected chi connectivity index (χ0v) is 20.2. The van der Waals surface area contributed by atoms with Gasteiger partial charge in [0.05, 0.1) is 17.0 Å². The number of benzene rings is 3. The predicted octanol–water partition coefficient (Wildman–Crippen LogP) is 2.80. The molecular weight excluding hydrogens is 485 g/mol. The van der Waals surface area contributed by atoms with Crippen LogP contribution in [0, 0.1) is 12.7 Å². The van der Waals surface area contributed by atoms with E-state index in [9.17, 15) is 27.2 Å². The molecule has 10 heteroatoms. The lowest BCUT2D eigenvalue weighted by Crippen LogP contribution is -2.46. The summed E-state index contributed by atoms with van der Waals surface area (Å²) in [6.07, 6.45) is 0.0876. The SMILES string of the molecule is Cc1ccc(N2C(=O)CC(N(CCc3ccc(S(N)(=O)=O)cc3)C(=O)c3ccc(F)cc3)C2=O)cc1. The first-order chi connectivity index (χ1) is 17.0. The molecule has 0 spiro atoms. The van der Waals surface area contributed by atoms with E-state index in [2.05, 4.69) is 0 Å². The Kier molecular flexibility index (Phi) is 7.00. The molecule has 1 aliphatic heterocycles. The van der Waals surface area contributed by atoms with Gasteiger partial charge in [-0.05, 0) is 67.4 Å². The molecule has 36 heavy (non-hydrogen) atoms. The number of halogens is 1. The van der Waals surface area contributed by atoms with Gasteiger partial charge in [-0.25, -0.2) is 22.8 Å². The van der Waals surface area contributed by atoms with Crippen molar-refractivity contribution in [1.82, 2.24) is 4.90 Å². The van der Waals surface area contributed by atoms with E-state index in [-0.39, 0.29) is 29.8 Å². The largest absolute Gasteiger partial charge is 0.326 e. The zero-order valence-electron chi connectivity index (χ0n) is 19.4. The Morgan fingerprint density at radius 2 is 1.61 bits per heavy atom. The van der Waals surface area contributed by atoms with Crippen LogP contribution in [0.2, 0.25) is 0 Å². The number of aryl methyl sites for hydroxylation is 1. The van der Waals surface area contributed by atoms with E-state index in [1.54, 1.807) is 36.4 Å². The third-order valence-corrected chi connectivity index (χ3v) is 6.97. The molecule has 1 saturated heterocycles. The maximum absolute atomic E-state index is 13.4. The molecule has 1 fully saturated rings. The third kappa shape index (κ3) is 5.34. The van der Waals surface area contributed by atoms with Gasteiger partial charge in [-0.1, -0.05) is 29.8 Å². The molecule has 1 atom stereocenters. The average Bonchev–Trinajstić information content (AvgIpc) is 3.13. The van der Waals surface area contributed by atoms with Gasteiger partial charge < -0.3 is 4.90 Å². The monoisotopic (exact) mass is 509 g/mol. The lowest BCUT2D eigenvalue weighted by molar-refractivity contribution is -0.122. The highest BCUT2D eigenvalue weighted by Crippen LogP contribution is 2.27. The topological polar surface area (TPSA) is 118 Å². The summed E-state index contributed by atoms with van der Waals surface area (Å²) in [5.74, 6) is -1.98. The molecule has 4 rings (SSSR count). The first kappa shape index (κ1) is 25.2. The number of amides is 3. The van der Waals surface area contributed by atoms with Crippen LogP contribution < -0.4 is 10.0 Å². The molecule has 1 aliphatic rings. The summed E-state index contributed by atoms with van der Waals surface area (Å²) in [5.41, 5.74) is 2.27. The predicted molar refractivity (Wildman–Crippen MR) is 131 cm³/mol. The average molecular weight is 510 g/mol. The molecule has 186 valence electrons. The van der Waals surface area contributed by atoms with Gasteiger partial charge in [0.25, 0.3) is 11.8 Å². The highest BCUT2D eigenvalue weighted by atomic mass is 32.2. The summed E-state index contributed by atoms with van der Waals surface area (Å²) in [6.45, 7) is 1.95. The fourth-order valence-electron chi connectivity index (χ4n) is 4.08. The lowest BCUT2D eigenvalue weighted by atomic mass is 10.1. The van der Waals surface area contributed by atoms with Crippen LogP contribution in [0.3, 0.4) is 0 Å². The molecule has 2 N–H and O–H groups in total. The van der Waals surface area contributed by atoms with E-state index in [1.807, 2.05) is 6.92 Å². The second-order valence-electron chi connectivity index (χ2n) is 8.57. The van der Waals surface area contributed by atoms with Crippen LogP contribution in [-0.4, -0.2) is 43.6 Å². The molecule has 8 nitrogen and oxygen atoms in total. The fraction of sp³-hybridized carbons (Fsp3) is 0.192. The molecular formula is C26H24FN3O5S. The Bertz CT molecular complexity index is 1410. The van der Waals surface area contributed by atoms with E-state index in [4.69, 9.17) is 5.14 Å². The lowest BCUT2D eigenvalue weighted by Gasteiger charge is -2.28. The number of sulfonamides is 1. The number of primary sulfonamides is 1. The van der Waals surface area contributed by atoms with E-state index in [0.717, 1.165) is 22.6 Å². The minimum atomic E-state index is -3.85. The van der Waals surface area contributed by atoms with E-state index in [1.165, 1.54) is 29.2 Å². The summed E-state index contributed by atoms with van der Waals surface area (Å²) < 4.78 is 36.5. The second kappa shape index (κ2) is 10.00. The molecule has 1 unspecified atom stereocenters. The van der Waals surface area contributed by atoms with Crippen LogP contribution in [0.25, 0.3) is 0 Å². The van der Waals surface area contributed by atoms with Crippen molar-refractivity contribution in [3.05, 3.63) is 95.3 Å². The minimum Gasteiger partial charge on any atom is -0.326 e. The third-order valence-electron chi connectivity index (χ3n) is 6.04. The molecule has 0 saturated carbocycles. The molecule has 0 bridgehead atoms. The van der Waals surface area contributed by atoms with Gasteiger partial charge in [0.2, 0.25) is 15.9 Å². The molecule has 0 aromatic heterocycles. The Morgan fingerprint density at radius 1 is 1.00 bits per heavy atom. The number of rotatable bonds is 7. The van der Waals surface area contributed by atoms with Crippen LogP contribution in [-0.2, 0) is 26.0 Å². The molecule has 0 aliphatic carbocycles. The van der Waals surface area contributed by atoms with Crippen molar-refractivity contribution < 1.29 is 27.2 Å². The van der Waals surface area contributed by atoms with Gasteiger partial charge in [-0.2, -0.15) is 0 Å². The number of carbonyl (C=O) groups excluding carboxylic acids is 3. The number of hydrogen-bond donors (Lipinski definition) is 1. The van der Waals surface area contributed by atoms with Gasteiger partial charge >= 0.3 is 0 Å². The normalized spacial score (nSPS) is 15.9. The highest BCUT2D eigenvalue weighted by Gasteiger charge is 2.44. The van der Waals surface area contributed by atoms with Crippen LogP contribution >= 0.6 is 0 Å². The molecule has 0 radical (unpaired) electrons. The van der Waals surface area contributed by atoms with Gasteiger partial charge in [0.1, 0.15) is 11.9 Å². The van der Waals surface area contributed by atoms with Crippen LogP contribution in [0.4, 0.5) is 10.1 Å². The highest BCUT2D eigenvalue weighted by molar-refractivity contribution is 7.89. The van der Waals surface area contributed by atoms with Crippen LogP contribution in [0.15, 0.2) is 77.7 Å². The summed E-state index contributed by atoms with van der Waals surface area (Å²) >= 11 is 0. The van der Waals surface area contributed by atoms with Crippen LogP contribution in [0.1, 0.15) is 27.9 Å². The smallest absolute Gasteiger partial charge is 0.257 e. The van der Waals surface area contributed by atoms with Crippen molar-refractivity contribution in [2.45, 2.75) is 30.7 Å². The van der Waals surface area contributed by atoms with Crippen molar-refractivity contribution in [2.24, 2.45) is 5.14 Å². The van der Waals surface area contributed by atoms with Gasteiger partial charge in [-0.15, -0.1) is 0 Å². The standard InChI is InChI=1S/C26H24FN3O5S/c1-17-2-10-21(11-3-17)30-24(31)16-23(26(30)33)29(25(32)19-6-8-20(27)9-7-19)15-14-18-4-12-22(13-5-18)36(28,34)35/h2-13,23H,14-16H2,1H3,(H2,28,34,35). The van der Waals surface area contributed by atoms with Gasteiger partial charge in [0, 0.05) is 12.1 Å². The molecule has 3 aromatic rings. The minimum absolute atomic E-state index is 0.0456. The first-order valence-electron chi connectivity index (χ1n) is 11.2. The summed E-state index contributed by atoms with van der Waals surface area (Å²) in [5, 5.41) is 5.14. The zero-order chi connectivity index (χ0) is 26.0. The molecule has 3 amide bonds. The Balaban J connectivity index is 1.62. The Hall–Kier alpha value is -3.89. The number of carbonyl (C=O) groups is 3. The van der Waals surface area contributed by atoms with E-state index < -0.39 is 39.6 Å². The summed E-state index contributed by atoms with van der Waals surface area (Å²) in [7, 11) is -3.85. The van der Waals surface area contributed by atoms with Crippen molar-refractivity contribution in [3.8, 4) is 0 Å². The summed E-state index contributed by atoms with van der Waals surface area (Å²) in [6, 6.07) is 16.7. The second-order valence-corrected chi connectivity index (χ2v) is 10.1. The van der Waals surface area contributed by atoms with E-state index >= 15 is 0 Å². The van der Waals surface area contributed by atoms with Crippen molar-refractivity contribution in [2.75, 3.05) is 11.4 Å². The Morgan fingerprint density at radius 3 is 2.19 bits per heavy atom. The number of nitrogens with two attached hydrogens (primary N) is 1. The number of anilines is 1. The maximum Gasteiger partial charge on any atom is 0.257 e. The van der Waals surface area contributed by atoms with Crippen LogP contribution in [0.5, 0.6) is 0 Å². The summed E-state index contributed by atoms with van der Waals surface area (Å²) in [4.78, 5) is 42.0. The molecule has 1 heterocycles. The number of imide groups is 1. The van der Waals surface area contributed by atoms with E-state index in [0.29, 0.717) is 11.3 Å². The van der Waals surface area contributed by atoms with Gasteiger partial charge in [-0.3, -0.25) is 14.4 Å². The van der Waals surface area contributed by atoms with Crippen molar-refractivity contribution in [3.63, 3.8) is 0 Å². The van der Waals surface area contributed by atoms with Gasteiger partial charge in [0.15, 0.2) is 0 Å².